The Kier molecular flexibility index (Phi) is 16.2. The number of piperidine rings is 1. The van der Waals surface area contributed by atoms with Crippen LogP contribution in [0.3, 0.4) is 0 Å². The molecule has 4 aromatic rings. The van der Waals surface area contributed by atoms with E-state index in [-0.39, 0.29) is 41.9 Å². The Morgan fingerprint density at radius 1 is 0.540 bits per heavy atom. The number of nitrogens with one attached hydrogen (secondary N) is 5. The van der Waals surface area contributed by atoms with Gasteiger partial charge in [-0.3, -0.25) is 4.99 Å². The van der Waals surface area contributed by atoms with Crippen molar-refractivity contribution in [3.05, 3.63) is 130 Å². The summed E-state index contributed by atoms with van der Waals surface area (Å²) < 4.78 is 162. The zero-order valence-electron chi connectivity index (χ0n) is 33.0. The minimum atomic E-state index is -5.05. The highest BCUT2D eigenvalue weighted by Gasteiger charge is 2.38. The van der Waals surface area contributed by atoms with Crippen LogP contribution in [0.25, 0.3) is 0 Å². The van der Waals surface area contributed by atoms with Gasteiger partial charge in [0, 0.05) is 37.6 Å². The fourth-order valence-corrected chi connectivity index (χ4v) is 7.24. The average molecular weight is 936 g/mol. The Labute approximate surface area is 365 Å². The van der Waals surface area contributed by atoms with Crippen molar-refractivity contribution in [2.45, 2.75) is 68.9 Å². The molecule has 1 saturated heterocycles. The number of guanidine groups is 1. The molecule has 1 fully saturated rings. The first-order valence-electron chi connectivity index (χ1n) is 19.4. The zero-order valence-corrected chi connectivity index (χ0v) is 34.6. The van der Waals surface area contributed by atoms with Gasteiger partial charge >= 0.3 is 24.7 Å². The Morgan fingerprint density at radius 3 is 1.30 bits per heavy atom. The molecule has 1 aliphatic heterocycles. The van der Waals surface area contributed by atoms with Gasteiger partial charge in [-0.2, -0.15) is 52.7 Å². The molecule has 0 spiro atoms. The van der Waals surface area contributed by atoms with E-state index >= 15 is 0 Å². The van der Waals surface area contributed by atoms with Crippen LogP contribution in [0.5, 0.6) is 0 Å². The van der Waals surface area contributed by atoms with Gasteiger partial charge in [-0.15, -0.1) is 0 Å². The molecule has 21 heteroatoms. The van der Waals surface area contributed by atoms with Crippen LogP contribution < -0.4 is 26.6 Å². The molecular weight excluding hydrogens is 895 g/mol. The van der Waals surface area contributed by atoms with Crippen LogP contribution in [0.1, 0.15) is 77.6 Å². The standard InChI is InChI=1S/C42H41F12N7S2/c43-39(44,45)28-20-29(40(46,47)48)23-32(22-28)57-37(62)59-34(26-10-4-1-5-11-26)14-16-55-36(61-18-8-3-9-19-61)56-17-15-35(27-12-6-2-7-13-27)60-38(63)58-33-24-30(41(49,50)51)21-31(25-33)42(52,53)54/h1-2,4-7,10-13,20-25,34-35H,3,8-9,14-19H2,(H,55,56)(H2,57,59,62)(H2,58,60,63)/t34-,35-/m1/s1. The maximum absolute atomic E-state index is 13.5. The molecule has 0 radical (unpaired) electrons. The highest BCUT2D eigenvalue weighted by molar-refractivity contribution is 7.80. The molecule has 0 unspecified atom stereocenters. The summed E-state index contributed by atoms with van der Waals surface area (Å²) in [6, 6.07) is 18.7. The first kappa shape index (κ1) is 48.7. The Hall–Kier alpha value is -5.31. The van der Waals surface area contributed by atoms with Gasteiger partial charge in [-0.25, -0.2) is 0 Å². The van der Waals surface area contributed by atoms with Gasteiger partial charge in [0.1, 0.15) is 0 Å². The quantitative estimate of drug-likeness (QED) is 0.0416. The molecule has 0 aromatic heterocycles. The highest BCUT2D eigenvalue weighted by Crippen LogP contribution is 2.39. The van der Waals surface area contributed by atoms with Gasteiger partial charge in [0.25, 0.3) is 0 Å². The number of rotatable bonds is 12. The first-order chi connectivity index (χ1) is 29.6. The van der Waals surface area contributed by atoms with Crippen molar-refractivity contribution >= 4 is 52.0 Å². The summed E-state index contributed by atoms with van der Waals surface area (Å²) >= 11 is 10.7. The van der Waals surface area contributed by atoms with Crippen LogP contribution in [-0.4, -0.2) is 47.3 Å². The number of likely N-dealkylation sites (tertiary alicyclic amines) is 1. The van der Waals surface area contributed by atoms with Crippen molar-refractivity contribution in [1.82, 2.24) is 20.9 Å². The van der Waals surface area contributed by atoms with Gasteiger partial charge in [0.15, 0.2) is 16.2 Å². The lowest BCUT2D eigenvalue weighted by atomic mass is 10.0. The fraction of sp³-hybridized carbons (Fsp3) is 0.357. The van der Waals surface area contributed by atoms with Crippen molar-refractivity contribution in [1.29, 1.82) is 0 Å². The predicted molar refractivity (Wildman–Crippen MR) is 225 cm³/mol. The number of nitrogens with zero attached hydrogens (tertiary/aromatic N) is 2. The maximum atomic E-state index is 13.5. The van der Waals surface area contributed by atoms with E-state index in [0.29, 0.717) is 55.3 Å². The lowest BCUT2D eigenvalue weighted by Crippen LogP contribution is -2.45. The number of alkyl halides is 12. The second-order valence-electron chi connectivity index (χ2n) is 14.5. The van der Waals surface area contributed by atoms with E-state index in [1.807, 2.05) is 0 Å². The lowest BCUT2D eigenvalue weighted by Gasteiger charge is -2.31. The van der Waals surface area contributed by atoms with Crippen LogP contribution in [0.15, 0.2) is 102 Å². The molecule has 0 bridgehead atoms. The smallest absolute Gasteiger partial charge is 0.356 e. The Balaban J connectivity index is 1.30. The normalized spacial score (nSPS) is 15.0. The van der Waals surface area contributed by atoms with Crippen LogP contribution in [-0.2, 0) is 24.7 Å². The van der Waals surface area contributed by atoms with Crippen LogP contribution in [0.2, 0.25) is 0 Å². The third-order valence-corrected chi connectivity index (χ3v) is 10.2. The van der Waals surface area contributed by atoms with E-state index < -0.39 is 70.4 Å². The van der Waals surface area contributed by atoms with Crippen LogP contribution in [0, 0.1) is 0 Å². The minimum absolute atomic E-state index is 0.0219. The van der Waals surface area contributed by atoms with E-state index in [1.54, 1.807) is 60.7 Å². The molecular formula is C42H41F12N7S2. The molecule has 0 aliphatic carbocycles. The van der Waals surface area contributed by atoms with Gasteiger partial charge in [-0.05, 0) is 104 Å². The number of thiocarbonyl (C=S) groups is 2. The molecule has 5 rings (SSSR count). The molecule has 0 saturated carbocycles. The van der Waals surface area contributed by atoms with Crippen molar-refractivity contribution in [2.75, 3.05) is 36.8 Å². The van der Waals surface area contributed by atoms with Gasteiger partial charge in [0.2, 0.25) is 0 Å². The molecule has 0 amide bonds. The van der Waals surface area contributed by atoms with Crippen LogP contribution >= 0.6 is 24.4 Å². The SMILES string of the molecule is FC(F)(F)c1cc(NC(=S)N[C@H](CCN=C(NCC[C@@H](NC(=S)Nc2cc(C(F)(F)F)cc(C(F)(F)F)c2)c2ccccc2)N2CCCCC2)c2ccccc2)cc(C(F)(F)F)c1. The van der Waals surface area contributed by atoms with Gasteiger partial charge in [-0.1, -0.05) is 60.7 Å². The molecule has 5 N–H and O–H groups in total. The molecule has 2 atom stereocenters. The Morgan fingerprint density at radius 2 is 0.921 bits per heavy atom. The number of benzene rings is 4. The summed E-state index contributed by atoms with van der Waals surface area (Å²) in [5.74, 6) is 0.544. The van der Waals surface area contributed by atoms with E-state index in [0.717, 1.165) is 24.8 Å². The molecule has 4 aromatic carbocycles. The molecule has 7 nitrogen and oxygen atoms in total. The summed E-state index contributed by atoms with van der Waals surface area (Å²) in [6.07, 6.45) is -16.8. The third kappa shape index (κ3) is 14.9. The third-order valence-electron chi connectivity index (χ3n) is 9.76. The van der Waals surface area contributed by atoms with E-state index in [2.05, 4.69) is 31.5 Å². The first-order valence-corrected chi connectivity index (χ1v) is 20.2. The second kappa shape index (κ2) is 20.9. The molecule has 1 aliphatic rings. The summed E-state index contributed by atoms with van der Waals surface area (Å²) in [7, 11) is 0. The largest absolute Gasteiger partial charge is 0.416 e. The predicted octanol–water partition coefficient (Wildman–Crippen LogP) is 11.7. The second-order valence-corrected chi connectivity index (χ2v) is 15.3. The fourth-order valence-electron chi connectivity index (χ4n) is 6.72. The Bertz CT molecular complexity index is 2110. The number of hydrogen-bond acceptors (Lipinski definition) is 3. The van der Waals surface area contributed by atoms with Crippen molar-refractivity contribution in [3.63, 3.8) is 0 Å². The average Bonchev–Trinajstić information content (AvgIpc) is 3.21. The monoisotopic (exact) mass is 935 g/mol. The number of aliphatic imine (C=N–C) groups is 1. The molecule has 63 heavy (non-hydrogen) atoms. The van der Waals surface area contributed by atoms with Crippen molar-refractivity contribution < 1.29 is 52.7 Å². The summed E-state index contributed by atoms with van der Waals surface area (Å²) in [4.78, 5) is 6.92. The minimum Gasteiger partial charge on any atom is -0.356 e. The summed E-state index contributed by atoms with van der Waals surface area (Å²) in [5, 5.41) is 13.9. The van der Waals surface area contributed by atoms with E-state index in [9.17, 15) is 52.7 Å². The van der Waals surface area contributed by atoms with E-state index in [4.69, 9.17) is 29.4 Å². The molecule has 1 heterocycles. The number of hydrogen-bond donors (Lipinski definition) is 5. The lowest BCUT2D eigenvalue weighted by molar-refractivity contribution is -0.144. The van der Waals surface area contributed by atoms with Crippen LogP contribution in [0.4, 0.5) is 64.1 Å². The maximum Gasteiger partial charge on any atom is 0.416 e. The van der Waals surface area contributed by atoms with Crippen molar-refractivity contribution in [2.24, 2.45) is 4.99 Å². The van der Waals surface area contributed by atoms with Crippen molar-refractivity contribution in [3.8, 4) is 0 Å². The number of halogens is 12. The highest BCUT2D eigenvalue weighted by atomic mass is 32.1. The zero-order chi connectivity index (χ0) is 46.0. The van der Waals surface area contributed by atoms with E-state index in [1.165, 1.54) is 0 Å². The van der Waals surface area contributed by atoms with Gasteiger partial charge in [0.05, 0.1) is 34.3 Å². The topological polar surface area (TPSA) is 75.8 Å². The molecule has 340 valence electrons. The van der Waals surface area contributed by atoms with Gasteiger partial charge < -0.3 is 31.5 Å². The summed E-state index contributed by atoms with van der Waals surface area (Å²) in [5.41, 5.74) is -5.59. The summed E-state index contributed by atoms with van der Waals surface area (Å²) in [6.45, 7) is 1.82. The number of anilines is 2.